The second kappa shape index (κ2) is 12.9. The van der Waals surface area contributed by atoms with Crippen LogP contribution in [0.1, 0.15) is 28.8 Å². The smallest absolute Gasteiger partial charge is 0.315 e. The number of alkyl halides is 4. The molecular formula is C25H16BrCl4F4N3O3. The number of anilines is 3. The number of carbonyl (C=O) groups excluding carboxylic acids is 3. The van der Waals surface area contributed by atoms with E-state index in [9.17, 15) is 31.9 Å². The molecule has 0 aliphatic carbocycles. The molecule has 0 unspecified atom stereocenters. The summed E-state index contributed by atoms with van der Waals surface area (Å²) in [7, 11) is 0. The molecule has 3 amide bonds. The van der Waals surface area contributed by atoms with E-state index in [0.717, 1.165) is 6.07 Å². The van der Waals surface area contributed by atoms with E-state index in [1.165, 1.54) is 30.4 Å². The van der Waals surface area contributed by atoms with Crippen molar-refractivity contribution in [2.75, 3.05) is 16.0 Å². The van der Waals surface area contributed by atoms with Crippen LogP contribution in [0.2, 0.25) is 10.0 Å². The van der Waals surface area contributed by atoms with Gasteiger partial charge in [0.1, 0.15) is 15.8 Å². The van der Waals surface area contributed by atoms with Gasteiger partial charge in [0, 0.05) is 10.2 Å². The van der Waals surface area contributed by atoms with Crippen LogP contribution >= 0.6 is 62.3 Å². The van der Waals surface area contributed by atoms with E-state index in [0.29, 0.717) is 21.1 Å². The highest BCUT2D eigenvalue weighted by molar-refractivity contribution is 9.10. The van der Waals surface area contributed by atoms with Crippen LogP contribution in [-0.2, 0) is 9.59 Å². The number of rotatable bonds is 8. The fourth-order valence-electron chi connectivity index (χ4n) is 3.49. The Hall–Kier alpha value is -2.57. The maximum Gasteiger partial charge on any atom is 0.315 e. The molecule has 6 nitrogen and oxygen atoms in total. The van der Waals surface area contributed by atoms with Gasteiger partial charge in [-0.25, -0.2) is 8.78 Å². The zero-order valence-electron chi connectivity index (χ0n) is 19.9. The van der Waals surface area contributed by atoms with Gasteiger partial charge in [-0.05, 0) is 70.9 Å². The maximum atomic E-state index is 14.8. The molecule has 0 radical (unpaired) electrons. The van der Waals surface area contributed by atoms with Gasteiger partial charge in [0.15, 0.2) is 5.82 Å². The van der Waals surface area contributed by atoms with Crippen molar-refractivity contribution < 1.29 is 31.9 Å². The molecule has 0 aliphatic heterocycles. The van der Waals surface area contributed by atoms with Gasteiger partial charge in [-0.15, -0.1) is 23.2 Å². The van der Waals surface area contributed by atoms with Crippen LogP contribution in [-0.4, -0.2) is 28.5 Å². The Balaban J connectivity index is 1.87. The molecule has 0 bridgehead atoms. The molecule has 1 atom stereocenters. The lowest BCUT2D eigenvalue weighted by Gasteiger charge is -2.26. The molecule has 0 aliphatic rings. The molecule has 0 fully saturated rings. The first-order valence-electron chi connectivity index (χ1n) is 10.9. The Labute approximate surface area is 253 Å². The number of halogens is 9. The lowest BCUT2D eigenvalue weighted by molar-refractivity contribution is -0.126. The van der Waals surface area contributed by atoms with E-state index in [2.05, 4.69) is 26.6 Å². The highest BCUT2D eigenvalue weighted by atomic mass is 79.9. The number of benzene rings is 3. The van der Waals surface area contributed by atoms with Crippen LogP contribution in [0.4, 0.5) is 34.6 Å². The number of hydrogen-bond donors (Lipinski definition) is 3. The molecule has 3 rings (SSSR count). The minimum atomic E-state index is -3.54. The third kappa shape index (κ3) is 7.58. The summed E-state index contributed by atoms with van der Waals surface area (Å²) in [5.74, 6) is -7.56. The fraction of sp³-hybridized carbons (Fsp3) is 0.160. The SMILES string of the molecule is CC(Cl)(Cl)[C@H](C(=O)Nc1ccc(Cl)c(C(=O)Nc2ccc(F)c(NC(=O)C(F)F)c2F)c1)c1ccc(Cl)c(Br)c1. The third-order valence-electron chi connectivity index (χ3n) is 5.31. The molecule has 3 aromatic rings. The van der Waals surface area contributed by atoms with Gasteiger partial charge in [0.25, 0.3) is 11.8 Å². The van der Waals surface area contributed by atoms with Gasteiger partial charge in [-0.3, -0.25) is 14.4 Å². The predicted molar refractivity (Wildman–Crippen MR) is 151 cm³/mol. The van der Waals surface area contributed by atoms with Crippen molar-refractivity contribution >= 4 is 97.1 Å². The van der Waals surface area contributed by atoms with Gasteiger partial charge in [-0.2, -0.15) is 8.78 Å². The van der Waals surface area contributed by atoms with Crippen molar-refractivity contribution in [3.63, 3.8) is 0 Å². The molecule has 3 N–H and O–H groups in total. The van der Waals surface area contributed by atoms with Crippen LogP contribution in [0.25, 0.3) is 0 Å². The minimum absolute atomic E-state index is 0.0830. The summed E-state index contributed by atoms with van der Waals surface area (Å²) in [6.07, 6.45) is -3.54. The third-order valence-corrected chi connectivity index (χ3v) is 7.29. The van der Waals surface area contributed by atoms with E-state index in [1.54, 1.807) is 18.2 Å². The second-order valence-electron chi connectivity index (χ2n) is 8.27. The number of amides is 3. The molecule has 0 heterocycles. The van der Waals surface area contributed by atoms with Gasteiger partial charge in [0.05, 0.1) is 27.2 Å². The Morgan fingerprint density at radius 2 is 1.52 bits per heavy atom. The number of nitrogens with one attached hydrogen (secondary N) is 3. The first kappa shape index (κ1) is 32.0. The summed E-state index contributed by atoms with van der Waals surface area (Å²) in [6.45, 7) is 1.42. The zero-order valence-corrected chi connectivity index (χ0v) is 24.5. The van der Waals surface area contributed by atoms with E-state index in [1.807, 2.05) is 0 Å². The van der Waals surface area contributed by atoms with E-state index < -0.39 is 57.4 Å². The average molecular weight is 704 g/mol. The minimum Gasteiger partial charge on any atom is -0.325 e. The van der Waals surface area contributed by atoms with E-state index in [-0.39, 0.29) is 16.3 Å². The van der Waals surface area contributed by atoms with Gasteiger partial charge >= 0.3 is 6.43 Å². The monoisotopic (exact) mass is 701 g/mol. The molecule has 40 heavy (non-hydrogen) atoms. The van der Waals surface area contributed by atoms with Crippen molar-refractivity contribution in [1.29, 1.82) is 0 Å². The van der Waals surface area contributed by atoms with Crippen molar-refractivity contribution in [3.8, 4) is 0 Å². The van der Waals surface area contributed by atoms with Gasteiger partial charge in [0.2, 0.25) is 5.91 Å². The van der Waals surface area contributed by atoms with Gasteiger partial charge in [-0.1, -0.05) is 29.3 Å². The highest BCUT2D eigenvalue weighted by Gasteiger charge is 2.37. The first-order chi connectivity index (χ1) is 18.6. The highest BCUT2D eigenvalue weighted by Crippen LogP contribution is 2.40. The van der Waals surface area contributed by atoms with Crippen LogP contribution < -0.4 is 16.0 Å². The summed E-state index contributed by atoms with van der Waals surface area (Å²) in [5.41, 5.74) is -1.56. The lowest BCUT2D eigenvalue weighted by Crippen LogP contribution is -2.32. The first-order valence-corrected chi connectivity index (χ1v) is 13.2. The van der Waals surface area contributed by atoms with Crippen LogP contribution in [0.5, 0.6) is 0 Å². The molecule has 212 valence electrons. The van der Waals surface area contributed by atoms with Crippen LogP contribution in [0.3, 0.4) is 0 Å². The predicted octanol–water partition coefficient (Wildman–Crippen LogP) is 8.41. The molecule has 3 aromatic carbocycles. The Kier molecular flexibility index (Phi) is 10.3. The zero-order chi connectivity index (χ0) is 29.9. The topological polar surface area (TPSA) is 87.3 Å². The summed E-state index contributed by atoms with van der Waals surface area (Å²) < 4.78 is 52.7. The summed E-state index contributed by atoms with van der Waals surface area (Å²) in [5, 5.41) is 6.42. The average Bonchev–Trinajstić information content (AvgIpc) is 2.85. The van der Waals surface area contributed by atoms with Crippen molar-refractivity contribution in [2.45, 2.75) is 23.6 Å². The molecule has 0 spiro atoms. The number of carbonyl (C=O) groups is 3. The normalized spacial score (nSPS) is 12.2. The Morgan fingerprint density at radius 3 is 2.12 bits per heavy atom. The maximum absolute atomic E-state index is 14.8. The van der Waals surface area contributed by atoms with Crippen molar-refractivity contribution in [1.82, 2.24) is 0 Å². The van der Waals surface area contributed by atoms with Crippen molar-refractivity contribution in [2.24, 2.45) is 0 Å². The lowest BCUT2D eigenvalue weighted by atomic mass is 9.94. The molecule has 0 saturated heterocycles. The largest absolute Gasteiger partial charge is 0.325 e. The quantitative estimate of drug-likeness (QED) is 0.163. The molecular weight excluding hydrogens is 688 g/mol. The van der Waals surface area contributed by atoms with E-state index in [4.69, 9.17) is 46.4 Å². The summed E-state index contributed by atoms with van der Waals surface area (Å²) >= 11 is 28.1. The van der Waals surface area contributed by atoms with Crippen LogP contribution in [0, 0.1) is 11.6 Å². The van der Waals surface area contributed by atoms with E-state index >= 15 is 0 Å². The second-order valence-corrected chi connectivity index (χ2v) is 11.7. The molecule has 0 aromatic heterocycles. The Bertz CT molecular complexity index is 1490. The fourth-order valence-corrected chi connectivity index (χ4v) is 4.66. The summed E-state index contributed by atoms with van der Waals surface area (Å²) in [6, 6.07) is 9.98. The molecule has 15 heteroatoms. The van der Waals surface area contributed by atoms with Crippen LogP contribution in [0.15, 0.2) is 53.0 Å². The number of hydrogen-bond acceptors (Lipinski definition) is 3. The Morgan fingerprint density at radius 1 is 0.875 bits per heavy atom. The van der Waals surface area contributed by atoms with Crippen molar-refractivity contribution in [3.05, 3.63) is 85.8 Å². The van der Waals surface area contributed by atoms with Gasteiger partial charge < -0.3 is 16.0 Å². The standard InChI is InChI=1S/C25H16BrCl4F4N3O3/c1-25(29,30)18(10-2-4-15(28)13(26)8-10)23(39)35-11-3-5-14(27)12(9-11)22(38)36-17-7-6-16(31)20(19(17)32)37-24(40)21(33)34/h2-9,18,21H,1H3,(H,35,39)(H,36,38)(H,37,40)/t18-/m0/s1. The summed E-state index contributed by atoms with van der Waals surface area (Å²) in [4.78, 5) is 37.3. The molecule has 0 saturated carbocycles.